The van der Waals surface area contributed by atoms with Gasteiger partial charge < -0.3 is 71.2 Å². The van der Waals surface area contributed by atoms with Crippen LogP contribution < -0.4 is 43.0 Å². The number of pyridine rings is 1. The second-order valence-electron chi connectivity index (χ2n) is 24.2. The minimum Gasteiger partial charge on any atom is -0.445 e. The number of Topliss-reactive ketones (excluding diaryl/α,β-unsaturated/α-hetero) is 1. The van der Waals surface area contributed by atoms with Gasteiger partial charge in [0.25, 0.3) is 0 Å². The Hall–Kier alpha value is -10.2. The molecule has 0 unspecified atom stereocenters. The van der Waals surface area contributed by atoms with E-state index in [0.717, 1.165) is 75.0 Å². The highest BCUT2D eigenvalue weighted by atomic mass is 16.6. The second kappa shape index (κ2) is 36.8. The molecule has 518 valence electrons. The lowest BCUT2D eigenvalue weighted by Crippen LogP contribution is -2.45. The lowest BCUT2D eigenvalue weighted by Gasteiger charge is -2.28. The molecule has 7 amide bonds. The number of nitrogens with zero attached hydrogens (tertiary/aromatic N) is 6. The van der Waals surface area contributed by atoms with E-state index < -0.39 is 30.0 Å². The number of para-hydroxylation sites is 2. The fourth-order valence-corrected chi connectivity index (χ4v) is 11.5. The number of fused-ring (bicyclic) bond motifs is 8. The van der Waals surface area contributed by atoms with Gasteiger partial charge in [-0.1, -0.05) is 124 Å². The molecule has 2 atom stereocenters. The molecule has 4 heterocycles. The first-order chi connectivity index (χ1) is 47.6. The van der Waals surface area contributed by atoms with Crippen molar-refractivity contribution in [2.75, 3.05) is 81.9 Å². The van der Waals surface area contributed by atoms with Gasteiger partial charge in [-0.2, -0.15) is 15.4 Å². The SMILES string of the molecule is CCCCc1nc2c(N)nc3ccccc3c2n1Cc1ccc(CNC(=O)OCc2ccc(NC(=O)[C@@H](CCCNC(N)=O)CC(=O)[C@H](NC(=O)CCOCCOCCOCCOCCNC(=O)CCC(=O)N3Cc4ccccc4-c4n[nH]nc4-c4ccccc43)C(C)C)cc2)cc1. The highest BCUT2D eigenvalue weighted by Gasteiger charge is 2.31. The molecule has 0 radical (unpaired) electrons. The predicted octanol–water partition coefficient (Wildman–Crippen LogP) is 8.44. The van der Waals surface area contributed by atoms with E-state index in [0.29, 0.717) is 79.9 Å². The summed E-state index contributed by atoms with van der Waals surface area (Å²) in [5.74, 6) is -1.32. The van der Waals surface area contributed by atoms with E-state index in [2.05, 4.69) is 58.5 Å². The van der Waals surface area contributed by atoms with Crippen LogP contribution in [0.1, 0.15) is 100 Å². The van der Waals surface area contributed by atoms with E-state index in [4.69, 9.17) is 40.1 Å². The maximum absolute atomic E-state index is 13.9. The van der Waals surface area contributed by atoms with Gasteiger partial charge in [0, 0.05) is 86.4 Å². The van der Waals surface area contributed by atoms with Crippen LogP contribution in [0.5, 0.6) is 0 Å². The minimum atomic E-state index is -0.877. The van der Waals surface area contributed by atoms with Crippen LogP contribution in [0.3, 0.4) is 0 Å². The van der Waals surface area contributed by atoms with Crippen LogP contribution in [0.15, 0.2) is 121 Å². The van der Waals surface area contributed by atoms with Gasteiger partial charge in [0.05, 0.1) is 82.2 Å². The van der Waals surface area contributed by atoms with E-state index in [1.54, 1.807) is 29.2 Å². The third-order valence-corrected chi connectivity index (χ3v) is 16.6. The number of carbonyl (C=O) groups excluding carboxylic acids is 7. The molecule has 1 aliphatic heterocycles. The Morgan fingerprint density at radius 1 is 0.653 bits per heavy atom. The van der Waals surface area contributed by atoms with Crippen molar-refractivity contribution in [1.29, 1.82) is 0 Å². The number of anilines is 3. The minimum absolute atomic E-state index is 0.0103. The number of primary amides is 1. The zero-order valence-corrected chi connectivity index (χ0v) is 55.8. The number of amides is 7. The average molecular weight is 1340 g/mol. The number of aromatic nitrogens is 6. The largest absolute Gasteiger partial charge is 0.445 e. The van der Waals surface area contributed by atoms with Gasteiger partial charge in [0.2, 0.25) is 23.6 Å². The molecule has 8 aromatic rings. The zero-order chi connectivity index (χ0) is 69.2. The van der Waals surface area contributed by atoms with Crippen LogP contribution >= 0.6 is 0 Å². The Morgan fingerprint density at radius 3 is 2.03 bits per heavy atom. The molecular formula is C72H88N14O12. The third kappa shape index (κ3) is 20.7. The van der Waals surface area contributed by atoms with E-state index in [9.17, 15) is 33.6 Å². The number of H-pyrrole nitrogens is 1. The number of hydrogen-bond donors (Lipinski definition) is 8. The van der Waals surface area contributed by atoms with Crippen molar-refractivity contribution in [3.8, 4) is 22.5 Å². The summed E-state index contributed by atoms with van der Waals surface area (Å²) in [6.07, 6.45) is 2.67. The van der Waals surface area contributed by atoms with Crippen LogP contribution in [-0.4, -0.2) is 143 Å². The van der Waals surface area contributed by atoms with Crippen molar-refractivity contribution in [3.63, 3.8) is 0 Å². The lowest BCUT2D eigenvalue weighted by atomic mass is 9.89. The Kier molecular flexibility index (Phi) is 27.1. The normalized spacial score (nSPS) is 12.4. The Balaban J connectivity index is 0.615. The van der Waals surface area contributed by atoms with Gasteiger partial charge >= 0.3 is 12.1 Å². The predicted molar refractivity (Wildman–Crippen MR) is 371 cm³/mol. The molecule has 5 aromatic carbocycles. The average Bonchev–Trinajstić information content (AvgIpc) is 1.55. The number of benzene rings is 5. The van der Waals surface area contributed by atoms with E-state index in [-0.39, 0.29) is 114 Å². The number of ether oxygens (including phenoxy) is 5. The molecule has 26 nitrogen and oxygen atoms in total. The maximum Gasteiger partial charge on any atom is 0.407 e. The van der Waals surface area contributed by atoms with Crippen molar-refractivity contribution < 1.29 is 57.2 Å². The summed E-state index contributed by atoms with van der Waals surface area (Å²) in [5.41, 5.74) is 21.9. The number of alkyl carbamates (subject to hydrolysis) is 1. The Labute approximate surface area is 569 Å². The number of unbranched alkanes of at least 4 members (excludes halogenated alkanes) is 1. The highest BCUT2D eigenvalue weighted by Crippen LogP contribution is 2.40. The second-order valence-corrected chi connectivity index (χ2v) is 24.2. The maximum atomic E-state index is 13.9. The van der Waals surface area contributed by atoms with E-state index in [1.807, 2.05) is 111 Å². The molecule has 3 aromatic heterocycles. The molecule has 0 bridgehead atoms. The van der Waals surface area contributed by atoms with Crippen molar-refractivity contribution in [2.24, 2.45) is 17.6 Å². The number of nitrogen functional groups attached to an aromatic ring is 1. The van der Waals surface area contributed by atoms with Crippen molar-refractivity contribution in [3.05, 3.63) is 149 Å². The number of hydrogen-bond acceptors (Lipinski definition) is 17. The third-order valence-electron chi connectivity index (χ3n) is 16.6. The Bertz CT molecular complexity index is 3990. The van der Waals surface area contributed by atoms with Gasteiger partial charge in [-0.05, 0) is 71.7 Å². The molecule has 9 rings (SSSR count). The number of aryl methyl sites for hydroxylation is 1. The molecular weight excluding hydrogens is 1250 g/mol. The van der Waals surface area contributed by atoms with E-state index in [1.165, 1.54) is 0 Å². The molecule has 1 aliphatic rings. The van der Waals surface area contributed by atoms with Gasteiger partial charge in [0.15, 0.2) is 11.6 Å². The first kappa shape index (κ1) is 72.1. The smallest absolute Gasteiger partial charge is 0.407 e. The molecule has 10 N–H and O–H groups in total. The summed E-state index contributed by atoms with van der Waals surface area (Å²) in [4.78, 5) is 103. The molecule has 98 heavy (non-hydrogen) atoms. The van der Waals surface area contributed by atoms with Crippen molar-refractivity contribution >= 4 is 80.7 Å². The topological polar surface area (TPSA) is 353 Å². The van der Waals surface area contributed by atoms with Crippen LogP contribution in [0.2, 0.25) is 0 Å². The van der Waals surface area contributed by atoms with Gasteiger partial charge in [-0.25, -0.2) is 19.6 Å². The monoisotopic (exact) mass is 1340 g/mol. The summed E-state index contributed by atoms with van der Waals surface area (Å²) in [5, 5.41) is 26.4. The Morgan fingerprint density at radius 2 is 1.31 bits per heavy atom. The van der Waals surface area contributed by atoms with Crippen LogP contribution in [0.4, 0.5) is 26.8 Å². The van der Waals surface area contributed by atoms with Crippen molar-refractivity contribution in [2.45, 2.75) is 111 Å². The molecule has 0 saturated carbocycles. The summed E-state index contributed by atoms with van der Waals surface area (Å²) < 4.78 is 30.1. The molecule has 0 saturated heterocycles. The summed E-state index contributed by atoms with van der Waals surface area (Å²) in [6, 6.07) is 36.5. The first-order valence-electron chi connectivity index (χ1n) is 33.4. The number of nitrogens with one attached hydrogen (secondary N) is 6. The van der Waals surface area contributed by atoms with Gasteiger partial charge in [0.1, 0.15) is 29.3 Å². The summed E-state index contributed by atoms with van der Waals surface area (Å²) in [7, 11) is 0. The lowest BCUT2D eigenvalue weighted by molar-refractivity contribution is -0.131. The number of urea groups is 1. The fraction of sp³-hybridized carbons (Fsp3) is 0.403. The molecule has 0 fully saturated rings. The van der Waals surface area contributed by atoms with Crippen molar-refractivity contribution in [1.82, 2.24) is 51.2 Å². The number of ketones is 1. The summed E-state index contributed by atoms with van der Waals surface area (Å²) in [6.45, 7) is 9.44. The number of rotatable bonds is 38. The van der Waals surface area contributed by atoms with Crippen LogP contribution in [0.25, 0.3) is 44.5 Å². The zero-order valence-electron chi connectivity index (χ0n) is 55.8. The van der Waals surface area contributed by atoms with Gasteiger partial charge in [-0.15, -0.1) is 0 Å². The number of nitrogens with two attached hydrogens (primary N) is 2. The summed E-state index contributed by atoms with van der Waals surface area (Å²) >= 11 is 0. The van der Waals surface area contributed by atoms with Crippen LogP contribution in [0, 0.1) is 11.8 Å². The number of aromatic amines is 1. The van der Waals surface area contributed by atoms with Gasteiger partial charge in [-0.3, -0.25) is 24.0 Å². The quantitative estimate of drug-likeness (QED) is 0.0168. The van der Waals surface area contributed by atoms with Crippen LogP contribution in [-0.2, 0) is 80.3 Å². The van der Waals surface area contributed by atoms with E-state index >= 15 is 0 Å². The standard InChI is InChI=1S/C72H88N14O12/c1-4-5-20-60-80-67-68(55-16-8-10-18-57(55)79-69(67)73)86(60)44-49-23-21-48(22-24-49)43-77-72(93)98-46-50-25-27-53(28-26-50)78-70(91)51(14-12-32-76-71(74)92)42-59(87)64(47(2)3)81-62(89)31-34-94-36-38-96-40-41-97-39-37-95-35-33-75-61(88)29-30-63(90)85-45-52-13-6-7-15-54(52)65-66(83-84-82-65)56-17-9-11-19-58(56)85/h6-11,13,15-19,21-28,47,51,64H,4-5,12,14,20,29-46H2,1-3H3,(H2,73,79)(H,75,88)(H,77,93)(H,78,91)(H,81,89)(H3,74,76,92)(H,82,83,84)/t51-,64+/m0/s1. The molecule has 0 spiro atoms. The molecule has 0 aliphatic carbocycles. The number of imidazole rings is 1. The highest BCUT2D eigenvalue weighted by molar-refractivity contribution is 6.07. The number of carbonyl (C=O) groups is 7. The molecule has 26 heteroatoms. The first-order valence-corrected chi connectivity index (χ1v) is 33.4. The fourth-order valence-electron chi connectivity index (χ4n) is 11.5.